The van der Waals surface area contributed by atoms with Crippen LogP contribution in [0.25, 0.3) is 0 Å². The maximum atomic E-state index is 5.97. The smallest absolute Gasteiger partial charge is 0.123 e. The molecule has 1 aliphatic rings. The van der Waals surface area contributed by atoms with Crippen molar-refractivity contribution in [2.45, 2.75) is 26.7 Å². The summed E-state index contributed by atoms with van der Waals surface area (Å²) in [6.45, 7) is 10.4. The van der Waals surface area contributed by atoms with Crippen molar-refractivity contribution in [1.29, 1.82) is 0 Å². The molecule has 0 saturated heterocycles. The summed E-state index contributed by atoms with van der Waals surface area (Å²) in [6.07, 6.45) is 4.43. The van der Waals surface area contributed by atoms with Gasteiger partial charge in [-0.3, -0.25) is 4.90 Å². The molecule has 0 fully saturated rings. The first-order chi connectivity index (χ1) is 8.66. The number of nitrogens with zero attached hydrogens (tertiary/aromatic N) is 1. The largest absolute Gasteiger partial charge is 0.492 e. The van der Waals surface area contributed by atoms with Crippen LogP contribution in [0.5, 0.6) is 5.75 Å². The molecule has 19 heavy (non-hydrogen) atoms. The molecular formula is C16H24ClNO. The van der Waals surface area contributed by atoms with Crippen molar-refractivity contribution in [2.75, 3.05) is 26.2 Å². The number of halogens is 1. The Kier molecular flexibility index (Phi) is 6.40. The molecule has 1 aromatic rings. The van der Waals surface area contributed by atoms with E-state index in [4.69, 9.17) is 4.74 Å². The molecule has 0 radical (unpaired) electrons. The Morgan fingerprint density at radius 2 is 1.89 bits per heavy atom. The zero-order valence-corrected chi connectivity index (χ0v) is 12.9. The number of hydrogen-bond acceptors (Lipinski definition) is 2. The molecular weight excluding hydrogens is 258 g/mol. The summed E-state index contributed by atoms with van der Waals surface area (Å²) in [5.74, 6) is 1.56. The average Bonchev–Trinajstić information content (AvgIpc) is 2.82. The van der Waals surface area contributed by atoms with Crippen molar-refractivity contribution in [3.05, 3.63) is 41.5 Å². The molecule has 0 saturated carbocycles. The Morgan fingerprint density at radius 1 is 1.21 bits per heavy atom. The Balaban J connectivity index is 0.00000180. The highest BCUT2D eigenvalue weighted by atomic mass is 35.5. The van der Waals surface area contributed by atoms with E-state index in [2.05, 4.69) is 56.0 Å². The van der Waals surface area contributed by atoms with Crippen LogP contribution < -0.4 is 4.74 Å². The van der Waals surface area contributed by atoms with Gasteiger partial charge < -0.3 is 4.74 Å². The number of hydrogen-bond donors (Lipinski definition) is 0. The van der Waals surface area contributed by atoms with Crippen LogP contribution in [0.1, 0.15) is 30.9 Å². The van der Waals surface area contributed by atoms with Gasteiger partial charge in [0.25, 0.3) is 0 Å². The Bertz CT molecular complexity index is 421. The van der Waals surface area contributed by atoms with E-state index in [1.807, 2.05) is 0 Å². The second kappa shape index (κ2) is 7.56. The van der Waals surface area contributed by atoms with Crippen molar-refractivity contribution in [3.63, 3.8) is 0 Å². The molecule has 1 aromatic carbocycles. The number of ether oxygens (including phenoxy) is 1. The van der Waals surface area contributed by atoms with E-state index in [0.717, 1.165) is 32.0 Å². The predicted octanol–water partition coefficient (Wildman–Crippen LogP) is 3.79. The van der Waals surface area contributed by atoms with E-state index in [1.54, 1.807) is 0 Å². The summed E-state index contributed by atoms with van der Waals surface area (Å²) in [5, 5.41) is 0. The minimum Gasteiger partial charge on any atom is -0.492 e. The van der Waals surface area contributed by atoms with Crippen LogP contribution in [0, 0.1) is 6.92 Å². The molecule has 0 bridgehead atoms. The third kappa shape index (κ3) is 4.55. The molecule has 0 spiro atoms. The summed E-state index contributed by atoms with van der Waals surface area (Å²) in [4.78, 5) is 2.38. The number of rotatable bonds is 5. The van der Waals surface area contributed by atoms with E-state index < -0.39 is 0 Å². The lowest BCUT2D eigenvalue weighted by molar-refractivity contribution is 0.241. The van der Waals surface area contributed by atoms with Gasteiger partial charge in [0.05, 0.1) is 0 Å². The van der Waals surface area contributed by atoms with Crippen molar-refractivity contribution in [2.24, 2.45) is 0 Å². The summed E-state index contributed by atoms with van der Waals surface area (Å²) in [7, 11) is 0. The van der Waals surface area contributed by atoms with Gasteiger partial charge in [0, 0.05) is 19.6 Å². The molecule has 3 heteroatoms. The topological polar surface area (TPSA) is 12.5 Å². The van der Waals surface area contributed by atoms with Crippen LogP contribution in [-0.2, 0) is 0 Å². The zero-order chi connectivity index (χ0) is 13.0. The fraction of sp³-hybridized carbons (Fsp3) is 0.500. The van der Waals surface area contributed by atoms with Crippen LogP contribution in [0.2, 0.25) is 0 Å². The Hall–Kier alpha value is -0.990. The standard InChI is InChI=1S/C16H23NO.ClH/c1-13(2)15-7-6-14(3)12-16(15)18-11-10-17-8-4-5-9-17;/h4-7,12-13H,8-11H2,1-3H3;1H. The normalized spacial score (nSPS) is 14.7. The van der Waals surface area contributed by atoms with Gasteiger partial charge in [0.2, 0.25) is 0 Å². The first-order valence-corrected chi connectivity index (χ1v) is 6.77. The van der Waals surface area contributed by atoms with E-state index in [0.29, 0.717) is 5.92 Å². The van der Waals surface area contributed by atoms with Gasteiger partial charge in [0.1, 0.15) is 12.4 Å². The first kappa shape index (κ1) is 16.1. The van der Waals surface area contributed by atoms with Crippen molar-refractivity contribution >= 4 is 12.4 Å². The van der Waals surface area contributed by atoms with Crippen LogP contribution in [0.15, 0.2) is 30.4 Å². The molecule has 106 valence electrons. The van der Waals surface area contributed by atoms with Gasteiger partial charge in [-0.15, -0.1) is 12.4 Å². The molecule has 0 aliphatic carbocycles. The quantitative estimate of drug-likeness (QED) is 0.762. The molecule has 1 aliphatic heterocycles. The average molecular weight is 282 g/mol. The molecule has 2 nitrogen and oxygen atoms in total. The predicted molar refractivity (Wildman–Crippen MR) is 83.6 cm³/mol. The number of aryl methyl sites for hydroxylation is 1. The van der Waals surface area contributed by atoms with Crippen LogP contribution in [-0.4, -0.2) is 31.1 Å². The highest BCUT2D eigenvalue weighted by Gasteiger charge is 2.10. The maximum Gasteiger partial charge on any atom is 0.123 e. The molecule has 2 rings (SSSR count). The molecule has 0 aromatic heterocycles. The summed E-state index contributed by atoms with van der Waals surface area (Å²) in [6, 6.07) is 6.50. The summed E-state index contributed by atoms with van der Waals surface area (Å²) >= 11 is 0. The third-order valence-corrected chi connectivity index (χ3v) is 3.35. The van der Waals surface area contributed by atoms with Crippen LogP contribution in [0.4, 0.5) is 0 Å². The van der Waals surface area contributed by atoms with Gasteiger partial charge >= 0.3 is 0 Å². The van der Waals surface area contributed by atoms with Gasteiger partial charge in [-0.1, -0.05) is 38.1 Å². The maximum absolute atomic E-state index is 5.97. The van der Waals surface area contributed by atoms with Crippen LogP contribution >= 0.6 is 12.4 Å². The summed E-state index contributed by atoms with van der Waals surface area (Å²) in [5.41, 5.74) is 2.57. The van der Waals surface area contributed by atoms with Crippen molar-refractivity contribution in [1.82, 2.24) is 4.90 Å². The third-order valence-electron chi connectivity index (χ3n) is 3.35. The Labute approximate surface area is 122 Å². The van der Waals surface area contributed by atoms with E-state index in [9.17, 15) is 0 Å². The van der Waals surface area contributed by atoms with Gasteiger partial charge in [-0.25, -0.2) is 0 Å². The zero-order valence-electron chi connectivity index (χ0n) is 12.1. The minimum atomic E-state index is 0. The molecule has 0 unspecified atom stereocenters. The second-order valence-electron chi connectivity index (χ2n) is 5.28. The number of benzene rings is 1. The Morgan fingerprint density at radius 3 is 2.53 bits per heavy atom. The molecule has 0 amide bonds. The first-order valence-electron chi connectivity index (χ1n) is 6.77. The molecule has 1 heterocycles. The summed E-state index contributed by atoms with van der Waals surface area (Å²) < 4.78 is 5.97. The lowest BCUT2D eigenvalue weighted by Crippen LogP contribution is -2.25. The lowest BCUT2D eigenvalue weighted by atomic mass is 10.0. The molecule has 0 N–H and O–H groups in total. The van der Waals surface area contributed by atoms with E-state index in [-0.39, 0.29) is 12.4 Å². The SMILES string of the molecule is Cc1ccc(C(C)C)c(OCCN2CC=CC2)c1.Cl. The second-order valence-corrected chi connectivity index (χ2v) is 5.28. The highest BCUT2D eigenvalue weighted by molar-refractivity contribution is 5.85. The fourth-order valence-electron chi connectivity index (χ4n) is 2.23. The lowest BCUT2D eigenvalue weighted by Gasteiger charge is -2.18. The van der Waals surface area contributed by atoms with Gasteiger partial charge in [0.15, 0.2) is 0 Å². The molecule has 0 atom stereocenters. The highest BCUT2D eigenvalue weighted by Crippen LogP contribution is 2.27. The van der Waals surface area contributed by atoms with Crippen molar-refractivity contribution < 1.29 is 4.74 Å². The van der Waals surface area contributed by atoms with Gasteiger partial charge in [-0.2, -0.15) is 0 Å². The van der Waals surface area contributed by atoms with E-state index >= 15 is 0 Å². The van der Waals surface area contributed by atoms with E-state index in [1.165, 1.54) is 11.1 Å². The van der Waals surface area contributed by atoms with Gasteiger partial charge in [-0.05, 0) is 30.0 Å². The fourth-order valence-corrected chi connectivity index (χ4v) is 2.23. The minimum absolute atomic E-state index is 0. The monoisotopic (exact) mass is 281 g/mol. The van der Waals surface area contributed by atoms with Crippen LogP contribution in [0.3, 0.4) is 0 Å². The van der Waals surface area contributed by atoms with Crippen molar-refractivity contribution in [3.8, 4) is 5.75 Å².